The van der Waals surface area contributed by atoms with E-state index in [1.807, 2.05) is 0 Å². The van der Waals surface area contributed by atoms with Crippen molar-refractivity contribution in [1.82, 2.24) is 0 Å². The van der Waals surface area contributed by atoms with Gasteiger partial charge in [-0.25, -0.2) is 13.2 Å². The van der Waals surface area contributed by atoms with Gasteiger partial charge in [0.05, 0.1) is 6.54 Å². The van der Waals surface area contributed by atoms with Crippen molar-refractivity contribution >= 4 is 17.3 Å². The van der Waals surface area contributed by atoms with Crippen molar-refractivity contribution in [3.05, 3.63) is 59.9 Å². The van der Waals surface area contributed by atoms with Crippen LogP contribution in [0.3, 0.4) is 0 Å². The van der Waals surface area contributed by atoms with E-state index in [0.717, 1.165) is 12.1 Å². The average Bonchev–Trinajstić information content (AvgIpc) is 2.40. The number of carbonyl (C=O) groups is 1. The smallest absolute Gasteiger partial charge is 0.243 e. The third-order valence-corrected chi connectivity index (χ3v) is 2.48. The zero-order valence-corrected chi connectivity index (χ0v) is 10.3. The van der Waals surface area contributed by atoms with Crippen LogP contribution in [0, 0.1) is 17.5 Å². The number of amides is 1. The molecule has 0 unspecified atom stereocenters. The zero-order chi connectivity index (χ0) is 14.5. The molecule has 0 saturated carbocycles. The molecule has 0 radical (unpaired) electrons. The number of nitrogens with one attached hydrogen (secondary N) is 2. The standard InChI is InChI=1S/C14H11F3N2O/c15-9-2-1-3-11(6-9)19-14(20)8-18-10-4-5-12(16)13(17)7-10/h1-7,18H,8H2,(H,19,20). The molecule has 0 aliphatic rings. The lowest BCUT2D eigenvalue weighted by molar-refractivity contribution is -0.114. The number of benzene rings is 2. The molecule has 104 valence electrons. The summed E-state index contributed by atoms with van der Waals surface area (Å²) in [4.78, 5) is 11.6. The van der Waals surface area contributed by atoms with Gasteiger partial charge in [0.15, 0.2) is 11.6 Å². The first-order valence-electron chi connectivity index (χ1n) is 5.79. The molecule has 0 aliphatic heterocycles. The first-order chi connectivity index (χ1) is 9.54. The van der Waals surface area contributed by atoms with Gasteiger partial charge in [-0.3, -0.25) is 4.79 Å². The zero-order valence-electron chi connectivity index (χ0n) is 10.3. The van der Waals surface area contributed by atoms with Crippen LogP contribution in [0.25, 0.3) is 0 Å². The van der Waals surface area contributed by atoms with Crippen molar-refractivity contribution < 1.29 is 18.0 Å². The summed E-state index contributed by atoms with van der Waals surface area (Å²) in [7, 11) is 0. The molecule has 20 heavy (non-hydrogen) atoms. The molecule has 2 N–H and O–H groups in total. The van der Waals surface area contributed by atoms with Gasteiger partial charge in [-0.15, -0.1) is 0 Å². The Morgan fingerprint density at radius 3 is 2.45 bits per heavy atom. The molecule has 0 aromatic heterocycles. The summed E-state index contributed by atoms with van der Waals surface area (Å²) < 4.78 is 38.5. The van der Waals surface area contributed by atoms with E-state index in [0.29, 0.717) is 5.69 Å². The number of halogens is 3. The van der Waals surface area contributed by atoms with Crippen LogP contribution in [0.2, 0.25) is 0 Å². The predicted octanol–water partition coefficient (Wildman–Crippen LogP) is 3.15. The summed E-state index contributed by atoms with van der Waals surface area (Å²) in [5, 5.41) is 5.10. The summed E-state index contributed by atoms with van der Waals surface area (Å²) in [5.74, 6) is -2.85. The highest BCUT2D eigenvalue weighted by atomic mass is 19.2. The number of carbonyl (C=O) groups excluding carboxylic acids is 1. The lowest BCUT2D eigenvalue weighted by Crippen LogP contribution is -2.21. The van der Waals surface area contributed by atoms with Crippen molar-refractivity contribution in [3.8, 4) is 0 Å². The molecule has 0 bridgehead atoms. The minimum atomic E-state index is -1.000. The fraction of sp³-hybridized carbons (Fsp3) is 0.0714. The second kappa shape index (κ2) is 6.10. The number of anilines is 2. The van der Waals surface area contributed by atoms with Gasteiger partial charge in [0.1, 0.15) is 5.82 Å². The molecule has 2 aromatic rings. The van der Waals surface area contributed by atoms with Gasteiger partial charge in [-0.2, -0.15) is 0 Å². The largest absolute Gasteiger partial charge is 0.376 e. The van der Waals surface area contributed by atoms with Crippen LogP contribution < -0.4 is 10.6 Å². The Kier molecular flexibility index (Phi) is 4.24. The van der Waals surface area contributed by atoms with Gasteiger partial charge >= 0.3 is 0 Å². The molecule has 0 fully saturated rings. The van der Waals surface area contributed by atoms with Crippen LogP contribution in [0.15, 0.2) is 42.5 Å². The Labute approximate surface area is 113 Å². The van der Waals surface area contributed by atoms with Gasteiger partial charge < -0.3 is 10.6 Å². The van der Waals surface area contributed by atoms with Crippen molar-refractivity contribution in [1.29, 1.82) is 0 Å². The molecule has 0 heterocycles. The first-order valence-corrected chi connectivity index (χ1v) is 5.79. The van der Waals surface area contributed by atoms with E-state index in [9.17, 15) is 18.0 Å². The van der Waals surface area contributed by atoms with Crippen LogP contribution in [-0.4, -0.2) is 12.5 Å². The van der Waals surface area contributed by atoms with E-state index in [-0.39, 0.29) is 12.2 Å². The number of hydrogen-bond acceptors (Lipinski definition) is 2. The van der Waals surface area contributed by atoms with Gasteiger partial charge in [0.2, 0.25) is 5.91 Å². The molecule has 3 nitrogen and oxygen atoms in total. The molecule has 0 atom stereocenters. The monoisotopic (exact) mass is 280 g/mol. The Morgan fingerprint density at radius 2 is 1.75 bits per heavy atom. The summed E-state index contributed by atoms with van der Waals surface area (Å²) in [6, 6.07) is 8.66. The van der Waals surface area contributed by atoms with Crippen molar-refractivity contribution in [3.63, 3.8) is 0 Å². The lowest BCUT2D eigenvalue weighted by atomic mass is 10.3. The van der Waals surface area contributed by atoms with Crippen LogP contribution >= 0.6 is 0 Å². The summed E-state index contributed by atoms with van der Waals surface area (Å²) in [6.07, 6.45) is 0. The third kappa shape index (κ3) is 3.74. The topological polar surface area (TPSA) is 41.1 Å². The lowest BCUT2D eigenvalue weighted by Gasteiger charge is -2.08. The SMILES string of the molecule is O=C(CNc1ccc(F)c(F)c1)Nc1cccc(F)c1. The highest BCUT2D eigenvalue weighted by Gasteiger charge is 2.05. The van der Waals surface area contributed by atoms with Gasteiger partial charge in [0, 0.05) is 17.4 Å². The number of hydrogen-bond donors (Lipinski definition) is 2. The van der Waals surface area contributed by atoms with E-state index in [2.05, 4.69) is 10.6 Å². The Bertz CT molecular complexity index is 632. The quantitative estimate of drug-likeness (QED) is 0.903. The summed E-state index contributed by atoms with van der Waals surface area (Å²) in [6.45, 7) is -0.151. The maximum Gasteiger partial charge on any atom is 0.243 e. The third-order valence-electron chi connectivity index (χ3n) is 2.48. The molecule has 0 saturated heterocycles. The normalized spacial score (nSPS) is 10.2. The highest BCUT2D eigenvalue weighted by Crippen LogP contribution is 2.13. The number of rotatable bonds is 4. The molecular formula is C14H11F3N2O. The first kappa shape index (κ1) is 13.9. The van der Waals surface area contributed by atoms with E-state index >= 15 is 0 Å². The van der Waals surface area contributed by atoms with Crippen LogP contribution in [0.4, 0.5) is 24.5 Å². The second-order valence-electron chi connectivity index (χ2n) is 4.04. The van der Waals surface area contributed by atoms with Gasteiger partial charge in [-0.1, -0.05) is 6.07 Å². The molecule has 2 aromatic carbocycles. The summed E-state index contributed by atoms with van der Waals surface area (Å²) in [5.41, 5.74) is 0.598. The van der Waals surface area contributed by atoms with Gasteiger partial charge in [0.25, 0.3) is 0 Å². The highest BCUT2D eigenvalue weighted by molar-refractivity contribution is 5.93. The molecule has 2 rings (SSSR count). The van der Waals surface area contributed by atoms with Crippen molar-refractivity contribution in [2.45, 2.75) is 0 Å². The average molecular weight is 280 g/mol. The van der Waals surface area contributed by atoms with Crippen LogP contribution in [0.1, 0.15) is 0 Å². The predicted molar refractivity (Wildman–Crippen MR) is 69.9 cm³/mol. The van der Waals surface area contributed by atoms with Crippen molar-refractivity contribution in [2.75, 3.05) is 17.2 Å². The van der Waals surface area contributed by atoms with E-state index in [1.54, 1.807) is 6.07 Å². The second-order valence-corrected chi connectivity index (χ2v) is 4.04. The van der Waals surface area contributed by atoms with E-state index in [4.69, 9.17) is 0 Å². The minimum absolute atomic E-state index is 0.151. The van der Waals surface area contributed by atoms with Gasteiger partial charge in [-0.05, 0) is 30.3 Å². The minimum Gasteiger partial charge on any atom is -0.376 e. The van der Waals surface area contributed by atoms with E-state index in [1.165, 1.54) is 24.3 Å². The maximum absolute atomic E-state index is 12.9. The summed E-state index contributed by atoms with van der Waals surface area (Å²) >= 11 is 0. The molecule has 6 heteroatoms. The fourth-order valence-electron chi connectivity index (χ4n) is 1.56. The van der Waals surface area contributed by atoms with E-state index < -0.39 is 23.4 Å². The fourth-order valence-corrected chi connectivity index (χ4v) is 1.56. The Morgan fingerprint density at radius 1 is 0.950 bits per heavy atom. The Balaban J connectivity index is 1.90. The molecule has 0 spiro atoms. The Hall–Kier alpha value is -2.50. The van der Waals surface area contributed by atoms with Crippen LogP contribution in [-0.2, 0) is 4.79 Å². The molecule has 0 aliphatic carbocycles. The molecular weight excluding hydrogens is 269 g/mol. The van der Waals surface area contributed by atoms with Crippen molar-refractivity contribution in [2.24, 2.45) is 0 Å². The van der Waals surface area contributed by atoms with Crippen LogP contribution in [0.5, 0.6) is 0 Å². The molecule has 1 amide bonds. The maximum atomic E-state index is 12.9.